The van der Waals surface area contributed by atoms with Gasteiger partial charge in [-0.15, -0.1) is 0 Å². The molecule has 0 amide bonds. The van der Waals surface area contributed by atoms with Crippen molar-refractivity contribution in [1.82, 2.24) is 0 Å². The summed E-state index contributed by atoms with van der Waals surface area (Å²) in [6.07, 6.45) is 0. The fourth-order valence-corrected chi connectivity index (χ4v) is 2.14. The minimum Gasteiger partial charge on any atom is -0.352 e. The number of benzene rings is 2. The largest absolute Gasteiger partial charge is 0.352 e. The lowest BCUT2D eigenvalue weighted by atomic mass is 10.2. The van der Waals surface area contributed by atoms with E-state index in [1.54, 1.807) is 18.2 Å². The van der Waals surface area contributed by atoms with Crippen LogP contribution in [0, 0.1) is 0 Å². The number of anilines is 2. The highest BCUT2D eigenvalue weighted by Crippen LogP contribution is 2.38. The van der Waals surface area contributed by atoms with Gasteiger partial charge in [0.2, 0.25) is 0 Å². The molecule has 0 bridgehead atoms. The van der Waals surface area contributed by atoms with Gasteiger partial charge in [0.05, 0.1) is 31.5 Å². The number of halogens is 4. The van der Waals surface area contributed by atoms with E-state index in [1.807, 2.05) is 18.2 Å². The smallest absolute Gasteiger partial charge is 0.0842 e. The van der Waals surface area contributed by atoms with E-state index in [0.717, 1.165) is 5.69 Å². The predicted octanol–water partition coefficient (Wildman–Crippen LogP) is 6.04. The molecule has 0 aromatic heterocycles. The monoisotopic (exact) mass is 305 g/mol. The van der Waals surface area contributed by atoms with Crippen LogP contribution in [0.5, 0.6) is 0 Å². The number of hydrogen-bond acceptors (Lipinski definition) is 1. The van der Waals surface area contributed by atoms with E-state index in [1.165, 1.54) is 0 Å². The predicted molar refractivity (Wildman–Crippen MR) is 76.2 cm³/mol. The summed E-state index contributed by atoms with van der Waals surface area (Å²) in [5.41, 5.74) is 1.27. The summed E-state index contributed by atoms with van der Waals surface area (Å²) < 4.78 is 0. The molecule has 0 radical (unpaired) electrons. The SMILES string of the molecule is Clc1ccccc1Nc1c(Cl)ccc(Cl)c1Cl. The summed E-state index contributed by atoms with van der Waals surface area (Å²) in [6, 6.07) is 10.6. The van der Waals surface area contributed by atoms with Crippen LogP contribution in [0.3, 0.4) is 0 Å². The second kappa shape index (κ2) is 5.36. The Kier molecular flexibility index (Phi) is 4.05. The van der Waals surface area contributed by atoms with Crippen LogP contribution in [-0.4, -0.2) is 0 Å². The average Bonchev–Trinajstić information content (AvgIpc) is 2.32. The average molecular weight is 307 g/mol. The van der Waals surface area contributed by atoms with Crippen LogP contribution in [0.15, 0.2) is 36.4 Å². The van der Waals surface area contributed by atoms with Crippen molar-refractivity contribution in [3.63, 3.8) is 0 Å². The van der Waals surface area contributed by atoms with Crippen molar-refractivity contribution in [3.8, 4) is 0 Å². The van der Waals surface area contributed by atoms with E-state index in [4.69, 9.17) is 46.4 Å². The van der Waals surface area contributed by atoms with Crippen LogP contribution in [0.1, 0.15) is 0 Å². The van der Waals surface area contributed by atoms with Gasteiger partial charge in [-0.3, -0.25) is 0 Å². The van der Waals surface area contributed by atoms with Crippen molar-refractivity contribution in [1.29, 1.82) is 0 Å². The van der Waals surface area contributed by atoms with Crippen molar-refractivity contribution >= 4 is 57.8 Å². The standard InChI is InChI=1S/C12H7Cl4N/c13-7-3-1-2-4-10(7)17-12-9(15)6-5-8(14)11(12)16/h1-6,17H. The van der Waals surface area contributed by atoms with Crippen molar-refractivity contribution in [3.05, 3.63) is 56.5 Å². The Balaban J connectivity index is 2.43. The molecule has 1 N–H and O–H groups in total. The molecule has 2 rings (SSSR count). The van der Waals surface area contributed by atoms with Gasteiger partial charge in [-0.1, -0.05) is 58.5 Å². The van der Waals surface area contributed by atoms with Gasteiger partial charge in [0.25, 0.3) is 0 Å². The zero-order valence-corrected chi connectivity index (χ0v) is 11.5. The van der Waals surface area contributed by atoms with Gasteiger partial charge in [-0.05, 0) is 24.3 Å². The lowest BCUT2D eigenvalue weighted by Gasteiger charge is -2.12. The molecule has 0 aliphatic heterocycles. The molecular formula is C12H7Cl4N. The molecule has 0 aliphatic carbocycles. The third kappa shape index (κ3) is 2.80. The molecule has 1 nitrogen and oxygen atoms in total. The van der Waals surface area contributed by atoms with E-state index < -0.39 is 0 Å². The topological polar surface area (TPSA) is 12.0 Å². The second-order valence-electron chi connectivity index (χ2n) is 3.32. The molecule has 0 saturated carbocycles. The number of hydrogen-bond donors (Lipinski definition) is 1. The summed E-state index contributed by atoms with van der Waals surface area (Å²) in [4.78, 5) is 0. The molecule has 0 heterocycles. The fraction of sp³-hybridized carbons (Fsp3) is 0. The Labute approximate surface area is 119 Å². The highest BCUT2D eigenvalue weighted by Gasteiger charge is 2.10. The first-order valence-corrected chi connectivity index (χ1v) is 6.26. The molecule has 0 spiro atoms. The lowest BCUT2D eigenvalue weighted by Crippen LogP contribution is -1.93. The summed E-state index contributed by atoms with van der Waals surface area (Å²) in [5.74, 6) is 0. The van der Waals surface area contributed by atoms with Crippen molar-refractivity contribution < 1.29 is 0 Å². The van der Waals surface area contributed by atoms with Gasteiger partial charge in [-0.2, -0.15) is 0 Å². The first kappa shape index (κ1) is 12.8. The Morgan fingerprint density at radius 3 is 2.06 bits per heavy atom. The molecule has 17 heavy (non-hydrogen) atoms. The maximum absolute atomic E-state index is 6.08. The number of para-hydroxylation sites is 1. The van der Waals surface area contributed by atoms with Crippen molar-refractivity contribution in [2.75, 3.05) is 5.32 Å². The van der Waals surface area contributed by atoms with Crippen LogP contribution in [0.2, 0.25) is 20.1 Å². The van der Waals surface area contributed by atoms with Crippen LogP contribution >= 0.6 is 46.4 Å². The quantitative estimate of drug-likeness (QED) is 0.666. The normalized spacial score (nSPS) is 10.4. The summed E-state index contributed by atoms with van der Waals surface area (Å²) >= 11 is 24.1. The van der Waals surface area contributed by atoms with Gasteiger partial charge in [0, 0.05) is 0 Å². The summed E-state index contributed by atoms with van der Waals surface area (Å²) in [7, 11) is 0. The molecule has 5 heteroatoms. The molecule has 2 aromatic rings. The zero-order valence-electron chi connectivity index (χ0n) is 8.48. The van der Waals surface area contributed by atoms with E-state index in [9.17, 15) is 0 Å². The van der Waals surface area contributed by atoms with Gasteiger partial charge in [0.15, 0.2) is 0 Å². The van der Waals surface area contributed by atoms with E-state index in [2.05, 4.69) is 5.32 Å². The third-order valence-electron chi connectivity index (χ3n) is 2.18. The number of nitrogens with one attached hydrogen (secondary N) is 1. The molecule has 0 aliphatic rings. The molecule has 88 valence electrons. The first-order chi connectivity index (χ1) is 8.09. The number of rotatable bonds is 2. The van der Waals surface area contributed by atoms with Crippen LogP contribution in [-0.2, 0) is 0 Å². The Bertz CT molecular complexity index is 554. The van der Waals surface area contributed by atoms with Gasteiger partial charge >= 0.3 is 0 Å². The first-order valence-electron chi connectivity index (χ1n) is 4.74. The molecular weight excluding hydrogens is 300 g/mol. The maximum atomic E-state index is 6.08. The van der Waals surface area contributed by atoms with Gasteiger partial charge < -0.3 is 5.32 Å². The lowest BCUT2D eigenvalue weighted by molar-refractivity contribution is 1.55. The summed E-state index contributed by atoms with van der Waals surface area (Å²) in [6.45, 7) is 0. The van der Waals surface area contributed by atoms with Crippen LogP contribution < -0.4 is 5.32 Å². The van der Waals surface area contributed by atoms with Gasteiger partial charge in [-0.25, -0.2) is 0 Å². The van der Waals surface area contributed by atoms with Crippen molar-refractivity contribution in [2.45, 2.75) is 0 Å². The fourth-order valence-electron chi connectivity index (χ4n) is 1.34. The molecule has 2 aromatic carbocycles. The van der Waals surface area contributed by atoms with E-state index >= 15 is 0 Å². The minimum absolute atomic E-state index is 0.374. The van der Waals surface area contributed by atoms with Crippen LogP contribution in [0.25, 0.3) is 0 Å². The van der Waals surface area contributed by atoms with Gasteiger partial charge in [0.1, 0.15) is 0 Å². The van der Waals surface area contributed by atoms with Crippen LogP contribution in [0.4, 0.5) is 11.4 Å². The molecule has 0 fully saturated rings. The van der Waals surface area contributed by atoms with E-state index in [-0.39, 0.29) is 0 Å². The Morgan fingerprint density at radius 2 is 1.35 bits per heavy atom. The molecule has 0 saturated heterocycles. The highest BCUT2D eigenvalue weighted by atomic mass is 35.5. The highest BCUT2D eigenvalue weighted by molar-refractivity contribution is 6.46. The minimum atomic E-state index is 0.374. The maximum Gasteiger partial charge on any atom is 0.0842 e. The zero-order chi connectivity index (χ0) is 12.4. The third-order valence-corrected chi connectivity index (χ3v) is 3.63. The van der Waals surface area contributed by atoms with E-state index in [0.29, 0.717) is 25.8 Å². The van der Waals surface area contributed by atoms with Crippen molar-refractivity contribution in [2.24, 2.45) is 0 Å². The summed E-state index contributed by atoms with van der Waals surface area (Å²) in [5, 5.41) is 4.95. The Hall–Kier alpha value is -0.600. The molecule has 0 atom stereocenters. The molecule has 0 unspecified atom stereocenters. The second-order valence-corrected chi connectivity index (χ2v) is 4.92. The Morgan fingerprint density at radius 1 is 0.706 bits per heavy atom.